The van der Waals surface area contributed by atoms with Gasteiger partial charge in [0.1, 0.15) is 5.75 Å². The number of aromatic hydroxyl groups is 1. The van der Waals surface area contributed by atoms with Crippen molar-refractivity contribution in [1.82, 2.24) is 0 Å². The fourth-order valence-corrected chi connectivity index (χ4v) is 1.86. The van der Waals surface area contributed by atoms with E-state index < -0.39 is 0 Å². The Kier molecular flexibility index (Phi) is 5.15. The van der Waals surface area contributed by atoms with Crippen LogP contribution in [0, 0.1) is 0 Å². The third kappa shape index (κ3) is 3.59. The highest BCUT2D eigenvalue weighted by atomic mass is 35.5. The van der Waals surface area contributed by atoms with Crippen LogP contribution in [0.1, 0.15) is 18.0 Å². The normalized spacial score (nSPS) is 11.7. The number of hydrogen-bond acceptors (Lipinski definition) is 4. The predicted molar refractivity (Wildman–Crippen MR) is 76.4 cm³/mol. The van der Waals surface area contributed by atoms with E-state index in [4.69, 9.17) is 5.73 Å². The predicted octanol–water partition coefficient (Wildman–Crippen LogP) is 2.53. The second-order valence-electron chi connectivity index (χ2n) is 4.18. The lowest BCUT2D eigenvalue weighted by molar-refractivity contribution is -0.141. The fraction of sp³-hybridized carbons (Fsp3) is 0.214. The minimum absolute atomic E-state index is 0. The summed E-state index contributed by atoms with van der Waals surface area (Å²) in [7, 11) is 1.35. The number of rotatable bonds is 3. The molecule has 0 amide bonds. The second-order valence-corrected chi connectivity index (χ2v) is 4.18. The number of fused-ring (bicyclic) bond motifs is 1. The standard InChI is InChI=1S/C14H15NO3.ClH/c1-18-14(17)8-13(15)11-3-2-10-7-12(16)5-4-9(10)6-11;/h2-7,13,16H,8,15H2,1H3;1H/t13-;/m0./s1. The molecule has 2 rings (SSSR count). The highest BCUT2D eigenvalue weighted by Gasteiger charge is 2.12. The molecule has 0 heterocycles. The Morgan fingerprint density at radius 3 is 2.58 bits per heavy atom. The zero-order valence-electron chi connectivity index (χ0n) is 10.5. The van der Waals surface area contributed by atoms with Crippen molar-refractivity contribution >= 4 is 29.1 Å². The van der Waals surface area contributed by atoms with Crippen LogP contribution in [0.4, 0.5) is 0 Å². The summed E-state index contributed by atoms with van der Waals surface area (Å²) < 4.78 is 4.59. The average Bonchev–Trinajstić information content (AvgIpc) is 2.37. The Morgan fingerprint density at radius 2 is 1.89 bits per heavy atom. The minimum atomic E-state index is -0.379. The number of halogens is 1. The summed E-state index contributed by atoms with van der Waals surface area (Å²) in [6.07, 6.45) is 0.153. The van der Waals surface area contributed by atoms with Crippen molar-refractivity contribution in [1.29, 1.82) is 0 Å². The van der Waals surface area contributed by atoms with E-state index in [0.29, 0.717) is 0 Å². The van der Waals surface area contributed by atoms with Crippen LogP contribution in [0.15, 0.2) is 36.4 Å². The third-order valence-electron chi connectivity index (χ3n) is 2.89. The fourth-order valence-electron chi connectivity index (χ4n) is 1.86. The van der Waals surface area contributed by atoms with E-state index in [9.17, 15) is 9.90 Å². The number of esters is 1. The van der Waals surface area contributed by atoms with Gasteiger partial charge in [-0.2, -0.15) is 0 Å². The van der Waals surface area contributed by atoms with Gasteiger partial charge in [-0.05, 0) is 34.5 Å². The van der Waals surface area contributed by atoms with Gasteiger partial charge < -0.3 is 15.6 Å². The third-order valence-corrected chi connectivity index (χ3v) is 2.89. The number of phenols is 1. The van der Waals surface area contributed by atoms with Gasteiger partial charge in [-0.15, -0.1) is 12.4 Å². The van der Waals surface area contributed by atoms with Gasteiger partial charge >= 0.3 is 5.97 Å². The van der Waals surface area contributed by atoms with E-state index in [2.05, 4.69) is 4.74 Å². The van der Waals surface area contributed by atoms with Gasteiger partial charge in [-0.25, -0.2) is 0 Å². The summed E-state index contributed by atoms with van der Waals surface area (Å²) in [6, 6.07) is 10.4. The maximum atomic E-state index is 11.2. The molecule has 0 saturated heterocycles. The van der Waals surface area contributed by atoms with Crippen LogP contribution in [0.2, 0.25) is 0 Å². The van der Waals surface area contributed by atoms with Crippen LogP contribution >= 0.6 is 12.4 Å². The molecule has 0 aliphatic heterocycles. The zero-order chi connectivity index (χ0) is 13.1. The first kappa shape index (κ1) is 15.3. The number of methoxy groups -OCH3 is 1. The number of hydrogen-bond donors (Lipinski definition) is 2. The van der Waals surface area contributed by atoms with Crippen molar-refractivity contribution < 1.29 is 14.6 Å². The molecule has 1 atom stereocenters. The Balaban J connectivity index is 0.00000180. The topological polar surface area (TPSA) is 72.5 Å². The Bertz CT molecular complexity index is 586. The average molecular weight is 282 g/mol. The van der Waals surface area contributed by atoms with Crippen molar-refractivity contribution in [2.75, 3.05) is 7.11 Å². The Morgan fingerprint density at radius 1 is 1.26 bits per heavy atom. The summed E-state index contributed by atoms with van der Waals surface area (Å²) in [5.74, 6) is -0.0950. The molecule has 0 unspecified atom stereocenters. The number of carbonyl (C=O) groups is 1. The second kappa shape index (κ2) is 6.41. The quantitative estimate of drug-likeness (QED) is 0.848. The van der Waals surface area contributed by atoms with E-state index in [1.165, 1.54) is 7.11 Å². The molecule has 19 heavy (non-hydrogen) atoms. The number of ether oxygens (including phenoxy) is 1. The first-order valence-corrected chi connectivity index (χ1v) is 5.65. The smallest absolute Gasteiger partial charge is 0.307 e. The monoisotopic (exact) mass is 281 g/mol. The maximum absolute atomic E-state index is 11.2. The molecule has 0 aromatic heterocycles. The largest absolute Gasteiger partial charge is 0.508 e. The zero-order valence-corrected chi connectivity index (χ0v) is 11.3. The van der Waals surface area contributed by atoms with Crippen LogP contribution < -0.4 is 5.73 Å². The number of phenolic OH excluding ortho intramolecular Hbond substituents is 1. The van der Waals surface area contributed by atoms with E-state index in [1.54, 1.807) is 12.1 Å². The van der Waals surface area contributed by atoms with Crippen LogP contribution in [-0.4, -0.2) is 18.2 Å². The lowest BCUT2D eigenvalue weighted by Gasteiger charge is -2.11. The SMILES string of the molecule is COC(=O)C[C@H](N)c1ccc2cc(O)ccc2c1.Cl. The molecule has 3 N–H and O–H groups in total. The molecule has 0 aliphatic carbocycles. The molecular weight excluding hydrogens is 266 g/mol. The Hall–Kier alpha value is -1.78. The van der Waals surface area contributed by atoms with E-state index >= 15 is 0 Å². The molecule has 2 aromatic rings. The van der Waals surface area contributed by atoms with E-state index in [1.807, 2.05) is 24.3 Å². The first-order valence-electron chi connectivity index (χ1n) is 5.65. The summed E-state index contributed by atoms with van der Waals surface area (Å²) >= 11 is 0. The summed E-state index contributed by atoms with van der Waals surface area (Å²) in [5, 5.41) is 11.3. The lowest BCUT2D eigenvalue weighted by atomic mass is 10.0. The highest BCUT2D eigenvalue weighted by molar-refractivity contribution is 5.85. The van der Waals surface area contributed by atoms with Crippen molar-refractivity contribution in [3.63, 3.8) is 0 Å². The summed E-state index contributed by atoms with van der Waals surface area (Å²) in [5.41, 5.74) is 6.82. The van der Waals surface area contributed by atoms with Crippen molar-refractivity contribution in [3.05, 3.63) is 42.0 Å². The molecule has 0 radical (unpaired) electrons. The van der Waals surface area contributed by atoms with Crippen LogP contribution in [0.25, 0.3) is 10.8 Å². The highest BCUT2D eigenvalue weighted by Crippen LogP contribution is 2.24. The van der Waals surface area contributed by atoms with E-state index in [-0.39, 0.29) is 36.6 Å². The van der Waals surface area contributed by atoms with Gasteiger partial charge in [0.25, 0.3) is 0 Å². The number of nitrogens with two attached hydrogens (primary N) is 1. The number of benzene rings is 2. The van der Waals surface area contributed by atoms with Gasteiger partial charge in [0, 0.05) is 6.04 Å². The summed E-state index contributed by atoms with van der Waals surface area (Å²) in [6.45, 7) is 0. The lowest BCUT2D eigenvalue weighted by Crippen LogP contribution is -2.16. The molecule has 102 valence electrons. The molecule has 4 nitrogen and oxygen atoms in total. The van der Waals surface area contributed by atoms with Gasteiger partial charge in [0.2, 0.25) is 0 Å². The molecule has 5 heteroatoms. The van der Waals surface area contributed by atoms with E-state index in [0.717, 1.165) is 16.3 Å². The molecule has 0 spiro atoms. The molecule has 0 saturated carbocycles. The first-order chi connectivity index (χ1) is 8.60. The maximum Gasteiger partial charge on any atom is 0.307 e. The van der Waals surface area contributed by atoms with Gasteiger partial charge in [0.15, 0.2) is 0 Å². The van der Waals surface area contributed by atoms with Crippen molar-refractivity contribution in [3.8, 4) is 5.75 Å². The van der Waals surface area contributed by atoms with Crippen LogP contribution in [-0.2, 0) is 9.53 Å². The van der Waals surface area contributed by atoms with Gasteiger partial charge in [0.05, 0.1) is 13.5 Å². The molecule has 0 fully saturated rings. The van der Waals surface area contributed by atoms with Crippen LogP contribution in [0.3, 0.4) is 0 Å². The minimum Gasteiger partial charge on any atom is -0.508 e. The van der Waals surface area contributed by atoms with Gasteiger partial charge in [-0.3, -0.25) is 4.79 Å². The molecular formula is C14H16ClNO3. The molecule has 0 aliphatic rings. The summed E-state index contributed by atoms with van der Waals surface area (Å²) in [4.78, 5) is 11.2. The van der Waals surface area contributed by atoms with Gasteiger partial charge in [-0.1, -0.05) is 18.2 Å². The molecule has 0 bridgehead atoms. The Labute approximate surface area is 117 Å². The van der Waals surface area contributed by atoms with Crippen molar-refractivity contribution in [2.45, 2.75) is 12.5 Å². The molecule has 2 aromatic carbocycles. The van der Waals surface area contributed by atoms with Crippen molar-refractivity contribution in [2.24, 2.45) is 5.73 Å². The number of carbonyl (C=O) groups excluding carboxylic acids is 1. The van der Waals surface area contributed by atoms with Crippen LogP contribution in [0.5, 0.6) is 5.75 Å².